The minimum Gasteiger partial charge on any atom is -0.443 e. The summed E-state index contributed by atoms with van der Waals surface area (Å²) in [6, 6.07) is 11.2. The van der Waals surface area contributed by atoms with Crippen LogP contribution in [0.15, 0.2) is 41.8 Å². The SMILES string of the molecule is CN(C(=O)OC(C)(C)C)S(=O)(=O)/C=C\c1ccc2c(c1)[C@H](c1ccc(Cl)c(Cl)c1)CCC2N. The van der Waals surface area contributed by atoms with Crippen LogP contribution in [0.2, 0.25) is 10.0 Å². The Morgan fingerprint density at radius 3 is 2.42 bits per heavy atom. The van der Waals surface area contributed by atoms with E-state index in [9.17, 15) is 13.2 Å². The first-order valence-corrected chi connectivity index (χ1v) is 12.8. The quantitative estimate of drug-likeness (QED) is 0.537. The molecular weight excluding hydrogens is 483 g/mol. The molecule has 1 unspecified atom stereocenters. The third kappa shape index (κ3) is 6.09. The maximum Gasteiger partial charge on any atom is 0.424 e. The Balaban J connectivity index is 1.91. The molecule has 0 saturated heterocycles. The first-order valence-electron chi connectivity index (χ1n) is 10.5. The van der Waals surface area contributed by atoms with Crippen molar-refractivity contribution in [1.82, 2.24) is 4.31 Å². The summed E-state index contributed by atoms with van der Waals surface area (Å²) in [5.74, 6) is 0.0592. The van der Waals surface area contributed by atoms with Crippen LogP contribution in [-0.2, 0) is 14.8 Å². The Bertz CT molecular complexity index is 1190. The number of carbonyl (C=O) groups excluding carboxylic acids is 1. The maximum atomic E-state index is 12.6. The van der Waals surface area contributed by atoms with E-state index in [1.54, 1.807) is 26.8 Å². The highest BCUT2D eigenvalue weighted by atomic mass is 35.5. The van der Waals surface area contributed by atoms with Gasteiger partial charge < -0.3 is 10.5 Å². The second-order valence-corrected chi connectivity index (χ2v) is 11.8. The lowest BCUT2D eigenvalue weighted by atomic mass is 9.76. The topological polar surface area (TPSA) is 89.7 Å². The standard InChI is InChI=1S/C24H28Cl2N2O4S/c1-24(2,3)32-23(29)28(4)33(30,31)12-11-15-5-7-18-19(13-15)17(8-10-22(18)27)16-6-9-20(25)21(26)14-16/h5-7,9,11-14,17,22H,8,10,27H2,1-4H3/b12-11-/t17-,22?/m0/s1. The second kappa shape index (κ2) is 9.66. The van der Waals surface area contributed by atoms with Gasteiger partial charge in [-0.1, -0.05) is 47.5 Å². The van der Waals surface area contributed by atoms with E-state index in [4.69, 9.17) is 33.7 Å². The summed E-state index contributed by atoms with van der Waals surface area (Å²) in [7, 11) is -2.85. The van der Waals surface area contributed by atoms with E-state index in [0.717, 1.165) is 34.9 Å². The fourth-order valence-corrected chi connectivity index (χ4v) is 4.82. The van der Waals surface area contributed by atoms with Crippen molar-refractivity contribution in [1.29, 1.82) is 0 Å². The van der Waals surface area contributed by atoms with E-state index in [2.05, 4.69) is 0 Å². The predicted octanol–water partition coefficient (Wildman–Crippen LogP) is 6.09. The summed E-state index contributed by atoms with van der Waals surface area (Å²) in [4.78, 5) is 12.2. The fourth-order valence-electron chi connectivity index (χ4n) is 3.75. The van der Waals surface area contributed by atoms with Gasteiger partial charge in [0.15, 0.2) is 0 Å². The summed E-state index contributed by atoms with van der Waals surface area (Å²) in [5, 5.41) is 1.97. The number of carbonyl (C=O) groups is 1. The molecule has 0 spiro atoms. The van der Waals surface area contributed by atoms with E-state index < -0.39 is 21.7 Å². The molecule has 0 radical (unpaired) electrons. The Morgan fingerprint density at radius 2 is 1.79 bits per heavy atom. The lowest BCUT2D eigenvalue weighted by Crippen LogP contribution is -2.37. The molecule has 33 heavy (non-hydrogen) atoms. The van der Waals surface area contributed by atoms with Crippen molar-refractivity contribution in [2.45, 2.75) is 51.2 Å². The molecule has 0 saturated carbocycles. The summed E-state index contributed by atoms with van der Waals surface area (Å²) < 4.78 is 31.0. The number of amides is 1. The van der Waals surface area contributed by atoms with Crippen LogP contribution in [-0.4, -0.2) is 31.5 Å². The molecule has 2 atom stereocenters. The summed E-state index contributed by atoms with van der Waals surface area (Å²) in [5.41, 5.74) is 9.27. The zero-order valence-electron chi connectivity index (χ0n) is 19.0. The Kier molecular flexibility index (Phi) is 7.49. The molecule has 1 amide bonds. The van der Waals surface area contributed by atoms with Crippen LogP contribution < -0.4 is 5.73 Å². The zero-order valence-corrected chi connectivity index (χ0v) is 21.3. The molecule has 1 aliphatic rings. The molecule has 0 aliphatic heterocycles. The average Bonchev–Trinajstić information content (AvgIpc) is 2.73. The van der Waals surface area contributed by atoms with Gasteiger partial charge in [0.2, 0.25) is 0 Å². The lowest BCUT2D eigenvalue weighted by Gasteiger charge is -2.30. The molecule has 0 heterocycles. The molecule has 0 bridgehead atoms. The van der Waals surface area contributed by atoms with Gasteiger partial charge in [0.1, 0.15) is 5.60 Å². The number of nitrogens with two attached hydrogens (primary N) is 1. The van der Waals surface area contributed by atoms with Gasteiger partial charge in [-0.3, -0.25) is 0 Å². The number of ether oxygens (including phenoxy) is 1. The molecule has 178 valence electrons. The fraction of sp³-hybridized carbons (Fsp3) is 0.375. The van der Waals surface area contributed by atoms with Crippen LogP contribution in [0.1, 0.15) is 67.8 Å². The highest BCUT2D eigenvalue weighted by Crippen LogP contribution is 2.42. The zero-order chi connectivity index (χ0) is 24.6. The molecule has 2 aromatic rings. The van der Waals surface area contributed by atoms with E-state index >= 15 is 0 Å². The number of rotatable bonds is 4. The van der Waals surface area contributed by atoms with Gasteiger partial charge >= 0.3 is 6.09 Å². The third-order valence-corrected chi connectivity index (χ3v) is 7.59. The smallest absolute Gasteiger partial charge is 0.424 e. The van der Waals surface area contributed by atoms with Crippen molar-refractivity contribution in [3.05, 3.63) is 74.1 Å². The molecule has 3 rings (SSSR count). The van der Waals surface area contributed by atoms with Crippen LogP contribution >= 0.6 is 23.2 Å². The number of hydrogen-bond acceptors (Lipinski definition) is 5. The van der Waals surface area contributed by atoms with Crippen LogP contribution in [0.5, 0.6) is 0 Å². The third-order valence-electron chi connectivity index (χ3n) is 5.46. The minimum atomic E-state index is -4.02. The Hall–Kier alpha value is -2.06. The van der Waals surface area contributed by atoms with Crippen molar-refractivity contribution in [2.75, 3.05) is 7.05 Å². The second-order valence-electron chi connectivity index (χ2n) is 9.09. The van der Waals surface area contributed by atoms with Gasteiger partial charge in [-0.2, -0.15) is 0 Å². The average molecular weight is 511 g/mol. The predicted molar refractivity (Wildman–Crippen MR) is 133 cm³/mol. The van der Waals surface area contributed by atoms with Crippen LogP contribution in [0, 0.1) is 0 Å². The minimum absolute atomic E-state index is 0.0592. The van der Waals surface area contributed by atoms with E-state index in [1.807, 2.05) is 30.3 Å². The van der Waals surface area contributed by atoms with Crippen LogP contribution in [0.3, 0.4) is 0 Å². The molecule has 2 aromatic carbocycles. The summed E-state index contributed by atoms with van der Waals surface area (Å²) >= 11 is 12.3. The van der Waals surface area contributed by atoms with Crippen molar-refractivity contribution in [2.24, 2.45) is 5.73 Å². The highest BCUT2D eigenvalue weighted by Gasteiger charge is 2.28. The Morgan fingerprint density at radius 1 is 1.09 bits per heavy atom. The molecule has 0 fully saturated rings. The number of hydrogen-bond donors (Lipinski definition) is 1. The Labute approximate surface area is 205 Å². The first kappa shape index (κ1) is 25.6. The van der Waals surface area contributed by atoms with Gasteiger partial charge in [-0.15, -0.1) is 0 Å². The van der Waals surface area contributed by atoms with E-state index in [0.29, 0.717) is 19.9 Å². The molecule has 9 heteroatoms. The number of halogens is 2. The molecule has 0 aromatic heterocycles. The molecule has 2 N–H and O–H groups in total. The van der Waals surface area contributed by atoms with Crippen molar-refractivity contribution >= 4 is 45.4 Å². The van der Waals surface area contributed by atoms with Gasteiger partial charge in [-0.05, 0) is 74.1 Å². The van der Waals surface area contributed by atoms with Gasteiger partial charge in [-0.25, -0.2) is 17.5 Å². The number of nitrogens with zero attached hydrogens (tertiary/aromatic N) is 1. The first-order chi connectivity index (χ1) is 15.3. The normalized spacial score (nSPS) is 18.8. The summed E-state index contributed by atoms with van der Waals surface area (Å²) in [6.45, 7) is 5.01. The monoisotopic (exact) mass is 510 g/mol. The molecular formula is C24H28Cl2N2O4S. The lowest BCUT2D eigenvalue weighted by molar-refractivity contribution is 0.0422. The molecule has 6 nitrogen and oxygen atoms in total. The van der Waals surface area contributed by atoms with E-state index in [-0.39, 0.29) is 12.0 Å². The van der Waals surface area contributed by atoms with Crippen molar-refractivity contribution in [3.8, 4) is 0 Å². The van der Waals surface area contributed by atoms with Crippen molar-refractivity contribution < 1.29 is 17.9 Å². The maximum absolute atomic E-state index is 12.6. The number of fused-ring (bicyclic) bond motifs is 1. The van der Waals surface area contributed by atoms with E-state index in [1.165, 1.54) is 13.1 Å². The van der Waals surface area contributed by atoms with Crippen molar-refractivity contribution in [3.63, 3.8) is 0 Å². The summed E-state index contributed by atoms with van der Waals surface area (Å²) in [6.07, 6.45) is 2.17. The van der Waals surface area contributed by atoms with Crippen LogP contribution in [0.25, 0.3) is 6.08 Å². The van der Waals surface area contributed by atoms with Gasteiger partial charge in [0.05, 0.1) is 15.5 Å². The number of sulfonamides is 1. The number of benzene rings is 2. The van der Waals surface area contributed by atoms with Gasteiger partial charge in [0, 0.05) is 19.0 Å². The molecule has 1 aliphatic carbocycles. The van der Waals surface area contributed by atoms with Gasteiger partial charge in [0.25, 0.3) is 10.0 Å². The largest absolute Gasteiger partial charge is 0.443 e. The van der Waals surface area contributed by atoms with Crippen LogP contribution in [0.4, 0.5) is 4.79 Å². The highest BCUT2D eigenvalue weighted by molar-refractivity contribution is 7.92.